The molecule has 2 aromatic rings. The fraction of sp³-hybridized carbons (Fsp3) is 0.500. The van der Waals surface area contributed by atoms with E-state index in [0.717, 1.165) is 38.5 Å². The van der Waals surface area contributed by atoms with Gasteiger partial charge in [-0.1, -0.05) is 57.0 Å². The first kappa shape index (κ1) is 23.8. The Morgan fingerprint density at radius 2 is 1.62 bits per heavy atom. The van der Waals surface area contributed by atoms with E-state index >= 15 is 0 Å². The van der Waals surface area contributed by atoms with Crippen LogP contribution in [0, 0.1) is 5.92 Å². The molecule has 0 bridgehead atoms. The predicted molar refractivity (Wildman–Crippen MR) is 127 cm³/mol. The molecule has 0 saturated carbocycles. The van der Waals surface area contributed by atoms with E-state index in [9.17, 15) is 14.4 Å². The number of hydrogen-bond acceptors (Lipinski definition) is 3. The first-order valence-electron chi connectivity index (χ1n) is 11.8. The molecule has 0 unspecified atom stereocenters. The van der Waals surface area contributed by atoms with Crippen LogP contribution in [0.25, 0.3) is 0 Å². The molecule has 1 aromatic heterocycles. The largest absolute Gasteiger partial charge is 0.352 e. The maximum Gasteiger partial charge on any atom is 0.259 e. The lowest BCUT2D eigenvalue weighted by atomic mass is 10.1. The van der Waals surface area contributed by atoms with Crippen molar-refractivity contribution in [2.24, 2.45) is 5.92 Å². The number of nitrogens with zero attached hydrogens (tertiary/aromatic N) is 2. The molecule has 6 heteroatoms. The molecule has 2 amide bonds. The number of pyridine rings is 1. The van der Waals surface area contributed by atoms with Gasteiger partial charge in [-0.2, -0.15) is 0 Å². The van der Waals surface area contributed by atoms with Crippen molar-refractivity contribution >= 4 is 11.8 Å². The predicted octanol–water partition coefficient (Wildman–Crippen LogP) is 3.88. The maximum absolute atomic E-state index is 13.2. The van der Waals surface area contributed by atoms with Gasteiger partial charge in [0.25, 0.3) is 11.8 Å². The van der Waals surface area contributed by atoms with Crippen LogP contribution < -0.4 is 10.7 Å². The lowest BCUT2D eigenvalue weighted by molar-refractivity contribution is 0.0759. The SMILES string of the molecule is CC(C)Cn1cc(C(=O)NCCCc2ccccc2)c(=O)c(C(=O)N2CCCCCC2)c1. The smallest absolute Gasteiger partial charge is 0.259 e. The maximum atomic E-state index is 13.2. The van der Waals surface area contributed by atoms with Crippen molar-refractivity contribution in [3.05, 3.63) is 69.6 Å². The van der Waals surface area contributed by atoms with Crippen LogP contribution in [0.1, 0.15) is 72.2 Å². The molecule has 32 heavy (non-hydrogen) atoms. The van der Waals surface area contributed by atoms with Crippen LogP contribution in [0.4, 0.5) is 0 Å². The number of aryl methyl sites for hydroxylation is 1. The summed E-state index contributed by atoms with van der Waals surface area (Å²) in [6.45, 7) is 6.57. The van der Waals surface area contributed by atoms with Gasteiger partial charge >= 0.3 is 0 Å². The highest BCUT2D eigenvalue weighted by Gasteiger charge is 2.24. The molecule has 1 aliphatic heterocycles. The molecule has 0 aliphatic carbocycles. The Hall–Kier alpha value is -2.89. The van der Waals surface area contributed by atoms with Gasteiger partial charge in [-0.15, -0.1) is 0 Å². The van der Waals surface area contributed by atoms with Crippen LogP contribution in [-0.4, -0.2) is 40.9 Å². The summed E-state index contributed by atoms with van der Waals surface area (Å²) in [4.78, 5) is 41.0. The second-order valence-corrected chi connectivity index (χ2v) is 9.06. The molecular weight excluding hydrogens is 402 g/mol. The number of carbonyl (C=O) groups excluding carboxylic acids is 2. The van der Waals surface area contributed by atoms with E-state index in [2.05, 4.69) is 31.3 Å². The quantitative estimate of drug-likeness (QED) is 0.637. The summed E-state index contributed by atoms with van der Waals surface area (Å²) < 4.78 is 1.82. The molecule has 0 radical (unpaired) electrons. The third-order valence-electron chi connectivity index (χ3n) is 5.79. The third kappa shape index (κ3) is 6.55. The van der Waals surface area contributed by atoms with Gasteiger partial charge in [0.15, 0.2) is 0 Å². The van der Waals surface area contributed by atoms with Crippen molar-refractivity contribution in [2.75, 3.05) is 19.6 Å². The van der Waals surface area contributed by atoms with Crippen molar-refractivity contribution in [2.45, 2.75) is 58.9 Å². The fourth-order valence-corrected chi connectivity index (χ4v) is 4.15. The van der Waals surface area contributed by atoms with Crippen molar-refractivity contribution in [1.82, 2.24) is 14.8 Å². The van der Waals surface area contributed by atoms with Gasteiger partial charge in [0, 0.05) is 38.6 Å². The monoisotopic (exact) mass is 437 g/mol. The molecule has 1 N–H and O–H groups in total. The Morgan fingerprint density at radius 3 is 2.28 bits per heavy atom. The van der Waals surface area contributed by atoms with E-state index in [1.807, 2.05) is 22.8 Å². The molecule has 1 aliphatic rings. The summed E-state index contributed by atoms with van der Waals surface area (Å²) in [7, 11) is 0. The number of benzene rings is 1. The minimum absolute atomic E-state index is 0.0473. The van der Waals surface area contributed by atoms with Crippen LogP contribution in [0.2, 0.25) is 0 Å². The van der Waals surface area contributed by atoms with Crippen molar-refractivity contribution in [3.63, 3.8) is 0 Å². The fourth-order valence-electron chi connectivity index (χ4n) is 4.15. The van der Waals surface area contributed by atoms with Gasteiger partial charge in [-0.3, -0.25) is 14.4 Å². The molecule has 3 rings (SSSR count). The Morgan fingerprint density at radius 1 is 0.969 bits per heavy atom. The molecule has 1 aromatic carbocycles. The number of aromatic nitrogens is 1. The van der Waals surface area contributed by atoms with Gasteiger partial charge < -0.3 is 14.8 Å². The topological polar surface area (TPSA) is 71.4 Å². The average Bonchev–Trinajstić information content (AvgIpc) is 3.07. The summed E-state index contributed by atoms with van der Waals surface area (Å²) >= 11 is 0. The lowest BCUT2D eigenvalue weighted by Crippen LogP contribution is -2.38. The molecule has 1 fully saturated rings. The first-order valence-corrected chi connectivity index (χ1v) is 11.8. The molecule has 6 nitrogen and oxygen atoms in total. The first-order chi connectivity index (χ1) is 15.5. The van der Waals surface area contributed by atoms with Gasteiger partial charge in [0.2, 0.25) is 5.43 Å². The van der Waals surface area contributed by atoms with Crippen LogP contribution in [0.5, 0.6) is 0 Å². The van der Waals surface area contributed by atoms with Crippen molar-refractivity contribution in [1.29, 1.82) is 0 Å². The number of hydrogen-bond donors (Lipinski definition) is 1. The van der Waals surface area contributed by atoms with E-state index in [0.29, 0.717) is 32.1 Å². The van der Waals surface area contributed by atoms with Gasteiger partial charge in [0.1, 0.15) is 11.1 Å². The Labute approximate surface area is 190 Å². The van der Waals surface area contributed by atoms with Crippen LogP contribution in [0.15, 0.2) is 47.5 Å². The molecule has 1 saturated heterocycles. The Balaban J connectivity index is 1.75. The van der Waals surface area contributed by atoms with Crippen LogP contribution in [-0.2, 0) is 13.0 Å². The zero-order valence-electron chi connectivity index (χ0n) is 19.3. The molecule has 0 atom stereocenters. The number of carbonyl (C=O) groups is 2. The summed E-state index contributed by atoms with van der Waals surface area (Å²) in [5, 5.41) is 2.87. The highest BCUT2D eigenvalue weighted by Crippen LogP contribution is 2.13. The van der Waals surface area contributed by atoms with Gasteiger partial charge in [-0.05, 0) is 37.2 Å². The number of rotatable bonds is 8. The minimum Gasteiger partial charge on any atom is -0.352 e. The van der Waals surface area contributed by atoms with E-state index in [1.54, 1.807) is 17.3 Å². The second-order valence-electron chi connectivity index (χ2n) is 9.06. The lowest BCUT2D eigenvalue weighted by Gasteiger charge is -2.21. The van der Waals surface area contributed by atoms with E-state index in [1.165, 1.54) is 5.56 Å². The zero-order chi connectivity index (χ0) is 22.9. The van der Waals surface area contributed by atoms with E-state index in [4.69, 9.17) is 0 Å². The summed E-state index contributed by atoms with van der Waals surface area (Å²) in [6, 6.07) is 10.1. The van der Waals surface area contributed by atoms with Crippen LogP contribution >= 0.6 is 0 Å². The van der Waals surface area contributed by atoms with Gasteiger partial charge in [-0.25, -0.2) is 0 Å². The minimum atomic E-state index is -0.472. The molecule has 0 spiro atoms. The average molecular weight is 438 g/mol. The van der Waals surface area contributed by atoms with E-state index in [-0.39, 0.29) is 17.0 Å². The van der Waals surface area contributed by atoms with Crippen molar-refractivity contribution < 1.29 is 9.59 Å². The Kier molecular flexibility index (Phi) is 8.65. The number of amides is 2. The van der Waals surface area contributed by atoms with Crippen LogP contribution in [0.3, 0.4) is 0 Å². The normalized spacial score (nSPS) is 14.3. The highest BCUT2D eigenvalue weighted by molar-refractivity contribution is 5.99. The zero-order valence-corrected chi connectivity index (χ0v) is 19.3. The van der Waals surface area contributed by atoms with Crippen molar-refractivity contribution in [3.8, 4) is 0 Å². The number of likely N-dealkylation sites (tertiary alicyclic amines) is 1. The van der Waals surface area contributed by atoms with E-state index < -0.39 is 11.3 Å². The Bertz CT molecular complexity index is 958. The van der Waals surface area contributed by atoms with Gasteiger partial charge in [0.05, 0.1) is 0 Å². The third-order valence-corrected chi connectivity index (χ3v) is 5.79. The standard InChI is InChI=1S/C26H35N3O3/c1-20(2)17-28-18-22(25(31)27-14-10-13-21-11-6-5-7-12-21)24(30)23(19-28)26(32)29-15-8-3-4-9-16-29/h5-7,11-12,18-20H,3-4,8-10,13-17H2,1-2H3,(H,27,31). The second kappa shape index (κ2) is 11.7. The summed E-state index contributed by atoms with van der Waals surface area (Å²) in [5.41, 5.74) is 0.890. The number of nitrogens with one attached hydrogen (secondary N) is 1. The molecular formula is C26H35N3O3. The molecule has 2 heterocycles. The highest BCUT2D eigenvalue weighted by atomic mass is 16.2. The molecule has 172 valence electrons. The summed E-state index contributed by atoms with van der Waals surface area (Å²) in [6.07, 6.45) is 8.96. The summed E-state index contributed by atoms with van der Waals surface area (Å²) in [5.74, 6) is -0.348.